The molecule has 0 unspecified atom stereocenters. The summed E-state index contributed by atoms with van der Waals surface area (Å²) in [5.41, 5.74) is 3.44. The lowest BCUT2D eigenvalue weighted by atomic mass is 10.00. The van der Waals surface area contributed by atoms with Gasteiger partial charge in [0.05, 0.1) is 5.70 Å². The molecule has 1 heterocycles. The maximum Gasteiger partial charge on any atom is 0.273 e. The van der Waals surface area contributed by atoms with E-state index < -0.39 is 0 Å². The minimum Gasteiger partial charge on any atom is -0.489 e. The van der Waals surface area contributed by atoms with E-state index in [2.05, 4.69) is 17.0 Å². The first-order chi connectivity index (χ1) is 14.7. The van der Waals surface area contributed by atoms with Crippen molar-refractivity contribution in [3.05, 3.63) is 84.0 Å². The third-order valence-corrected chi connectivity index (χ3v) is 4.61. The molecule has 30 heavy (non-hydrogen) atoms. The molecule has 1 N–H and O–H groups in total. The van der Waals surface area contributed by atoms with Crippen molar-refractivity contribution in [2.45, 2.75) is 25.9 Å². The van der Waals surface area contributed by atoms with Gasteiger partial charge < -0.3 is 14.8 Å². The molecule has 1 amide bonds. The molecule has 3 rings (SSSR count). The van der Waals surface area contributed by atoms with Gasteiger partial charge in [0.1, 0.15) is 25.3 Å². The van der Waals surface area contributed by atoms with Crippen LogP contribution in [0.15, 0.2) is 77.9 Å². The third kappa shape index (κ3) is 5.44. The van der Waals surface area contributed by atoms with E-state index in [4.69, 9.17) is 4.74 Å². The minimum atomic E-state index is -0.169. The monoisotopic (exact) mass is 403 g/mol. The van der Waals surface area contributed by atoms with Crippen LogP contribution in [0.25, 0.3) is 5.70 Å². The Kier molecular flexibility index (Phi) is 7.55. The minimum absolute atomic E-state index is 0.169. The Morgan fingerprint density at radius 2 is 1.90 bits per heavy atom. The number of hydrazone groups is 1. The maximum absolute atomic E-state index is 12.9. The zero-order valence-corrected chi connectivity index (χ0v) is 16.8. The molecule has 0 saturated carbocycles. The Bertz CT molecular complexity index is 934. The molecular formula is C24H25N3O3. The van der Waals surface area contributed by atoms with Crippen LogP contribution in [-0.4, -0.2) is 30.1 Å². The Balaban J connectivity index is 1.76. The average molecular weight is 403 g/mol. The van der Waals surface area contributed by atoms with Crippen LogP contribution in [0.3, 0.4) is 0 Å². The van der Waals surface area contributed by atoms with E-state index in [0.29, 0.717) is 25.0 Å². The zero-order chi connectivity index (χ0) is 21.2. The highest BCUT2D eigenvalue weighted by Gasteiger charge is 2.26. The predicted molar refractivity (Wildman–Crippen MR) is 118 cm³/mol. The Hall–Kier alpha value is -3.67. The van der Waals surface area contributed by atoms with E-state index in [-0.39, 0.29) is 19.0 Å². The van der Waals surface area contributed by atoms with Gasteiger partial charge in [0.25, 0.3) is 5.91 Å². The smallest absolute Gasteiger partial charge is 0.273 e. The highest BCUT2D eigenvalue weighted by Crippen LogP contribution is 2.27. The van der Waals surface area contributed by atoms with Crippen LogP contribution < -0.4 is 10.1 Å². The summed E-state index contributed by atoms with van der Waals surface area (Å²) >= 11 is 0. The second kappa shape index (κ2) is 10.8. The van der Waals surface area contributed by atoms with Gasteiger partial charge in [-0.2, -0.15) is 5.10 Å². The summed E-state index contributed by atoms with van der Waals surface area (Å²) in [5.74, 6) is 0.593. The molecule has 6 nitrogen and oxygen atoms in total. The van der Waals surface area contributed by atoms with E-state index in [0.717, 1.165) is 28.9 Å². The summed E-state index contributed by atoms with van der Waals surface area (Å²) in [6.07, 6.45) is 5.36. The van der Waals surface area contributed by atoms with Crippen LogP contribution in [0, 0.1) is 0 Å². The number of nitrogens with one attached hydrogen (secondary N) is 1. The number of ether oxygens (including phenoxy) is 1. The molecule has 0 bridgehead atoms. The van der Waals surface area contributed by atoms with Crippen LogP contribution in [0.4, 0.5) is 0 Å². The Morgan fingerprint density at radius 3 is 2.60 bits per heavy atom. The van der Waals surface area contributed by atoms with E-state index in [1.165, 1.54) is 11.2 Å². The molecule has 154 valence electrons. The highest BCUT2D eigenvalue weighted by molar-refractivity contribution is 6.02. The van der Waals surface area contributed by atoms with Gasteiger partial charge in [0, 0.05) is 18.2 Å². The summed E-state index contributed by atoms with van der Waals surface area (Å²) in [6.45, 7) is 4.49. The fraction of sp³-hybridized carbons (Fsp3) is 0.208. The summed E-state index contributed by atoms with van der Waals surface area (Å²) in [7, 11) is 0. The van der Waals surface area contributed by atoms with Gasteiger partial charge in [0.15, 0.2) is 0 Å². The lowest BCUT2D eigenvalue weighted by molar-refractivity contribution is -0.128. The summed E-state index contributed by atoms with van der Waals surface area (Å²) in [4.78, 5) is 23.4. The predicted octanol–water partition coefficient (Wildman–Crippen LogP) is 3.91. The van der Waals surface area contributed by atoms with Crippen LogP contribution >= 0.6 is 0 Å². The van der Waals surface area contributed by atoms with Gasteiger partial charge in [-0.05, 0) is 48.2 Å². The molecule has 0 radical (unpaired) electrons. The number of hydrogen-bond donors (Lipinski definition) is 1. The first-order valence-electron chi connectivity index (χ1n) is 9.86. The number of benzene rings is 2. The van der Waals surface area contributed by atoms with E-state index >= 15 is 0 Å². The molecule has 0 spiro atoms. The molecule has 2 aromatic rings. The quantitative estimate of drug-likeness (QED) is 0.371. The summed E-state index contributed by atoms with van der Waals surface area (Å²) < 4.78 is 5.85. The van der Waals surface area contributed by atoms with Gasteiger partial charge in [0.2, 0.25) is 0 Å². The van der Waals surface area contributed by atoms with Crippen LogP contribution in [0.5, 0.6) is 5.75 Å². The van der Waals surface area contributed by atoms with Gasteiger partial charge in [-0.25, -0.2) is 5.01 Å². The van der Waals surface area contributed by atoms with Crippen molar-refractivity contribution in [3.8, 4) is 5.75 Å². The van der Waals surface area contributed by atoms with Crippen molar-refractivity contribution >= 4 is 24.1 Å². The van der Waals surface area contributed by atoms with Gasteiger partial charge in [-0.1, -0.05) is 36.4 Å². The van der Waals surface area contributed by atoms with Gasteiger partial charge in [-0.3, -0.25) is 4.79 Å². The van der Waals surface area contributed by atoms with E-state index in [9.17, 15) is 9.59 Å². The second-order valence-corrected chi connectivity index (χ2v) is 6.72. The molecule has 0 atom stereocenters. The lowest BCUT2D eigenvalue weighted by Crippen LogP contribution is -2.41. The number of carbonyl (C=O) groups excluding carboxylic acids is 2. The normalized spacial score (nSPS) is 14.0. The molecule has 0 saturated heterocycles. The van der Waals surface area contributed by atoms with E-state index in [1.54, 1.807) is 6.08 Å². The number of allylic oxidation sites excluding steroid dienone is 1. The number of hydrogen-bond acceptors (Lipinski definition) is 5. The second-order valence-electron chi connectivity index (χ2n) is 6.72. The number of rotatable bonds is 10. The van der Waals surface area contributed by atoms with E-state index in [1.807, 2.05) is 54.6 Å². The fourth-order valence-electron chi connectivity index (χ4n) is 3.09. The number of amides is 1. The van der Waals surface area contributed by atoms with Crippen LogP contribution in [0.1, 0.15) is 30.4 Å². The van der Waals surface area contributed by atoms with Crippen molar-refractivity contribution < 1.29 is 14.3 Å². The zero-order valence-electron chi connectivity index (χ0n) is 16.8. The molecule has 1 aliphatic rings. The summed E-state index contributed by atoms with van der Waals surface area (Å²) in [5, 5.41) is 8.72. The van der Waals surface area contributed by atoms with Gasteiger partial charge in [-0.15, -0.1) is 6.58 Å². The summed E-state index contributed by atoms with van der Waals surface area (Å²) in [6, 6.07) is 17.7. The van der Waals surface area contributed by atoms with Crippen LogP contribution in [-0.2, 0) is 16.2 Å². The fourth-order valence-corrected chi connectivity index (χ4v) is 3.09. The number of carbonyl (C=O) groups is 2. The van der Waals surface area contributed by atoms with Crippen molar-refractivity contribution in [1.29, 1.82) is 0 Å². The molecule has 0 aliphatic carbocycles. The molecule has 2 aromatic carbocycles. The first-order valence-corrected chi connectivity index (χ1v) is 9.86. The topological polar surface area (TPSA) is 71.0 Å². The Morgan fingerprint density at radius 1 is 1.13 bits per heavy atom. The number of aldehydes is 1. The Labute approximate surface area is 176 Å². The molecule has 0 aromatic heterocycles. The largest absolute Gasteiger partial charge is 0.489 e. The van der Waals surface area contributed by atoms with Crippen molar-refractivity contribution in [3.63, 3.8) is 0 Å². The average Bonchev–Trinajstić information content (AvgIpc) is 2.79. The molecule has 6 heteroatoms. The SMILES string of the molecule is C=CCCC1=C(c2ccc(OCc3ccccc3)cc2)NCN(/N=C\CC=O)C1=O. The first kappa shape index (κ1) is 21.0. The third-order valence-electron chi connectivity index (χ3n) is 4.61. The number of nitrogens with zero attached hydrogens (tertiary/aromatic N) is 2. The molecule has 0 fully saturated rings. The highest BCUT2D eigenvalue weighted by atomic mass is 16.5. The van der Waals surface area contributed by atoms with Crippen molar-refractivity contribution in [2.24, 2.45) is 5.10 Å². The molecule has 1 aliphatic heterocycles. The lowest BCUT2D eigenvalue weighted by Gasteiger charge is -2.28. The maximum atomic E-state index is 12.9. The van der Waals surface area contributed by atoms with Crippen LogP contribution in [0.2, 0.25) is 0 Å². The van der Waals surface area contributed by atoms with Gasteiger partial charge >= 0.3 is 0 Å². The standard InChI is InChI=1S/C24H25N3O3/c1-2-3-10-22-23(25-18-27(24(22)29)26-15-7-16-28)20-11-13-21(14-12-20)30-17-19-8-5-4-6-9-19/h2,4-6,8-9,11-16,25H,1,3,7,10,17-18H2/b26-15-. The van der Waals surface area contributed by atoms with Crippen molar-refractivity contribution in [1.82, 2.24) is 10.3 Å². The van der Waals surface area contributed by atoms with Crippen molar-refractivity contribution in [2.75, 3.05) is 6.67 Å². The molecular weight excluding hydrogens is 378 g/mol.